The molecule has 1 aromatic heterocycles. The second-order valence-electron chi connectivity index (χ2n) is 3.47. The molecular weight excluding hydrogens is 190 g/mol. The van der Waals surface area contributed by atoms with Crippen LogP contribution in [0.4, 0.5) is 0 Å². The first-order chi connectivity index (χ1) is 7.29. The summed E-state index contributed by atoms with van der Waals surface area (Å²) >= 11 is 0. The maximum absolute atomic E-state index is 10.1. The van der Waals surface area contributed by atoms with Gasteiger partial charge < -0.3 is 5.11 Å². The lowest BCUT2D eigenvalue weighted by molar-refractivity contribution is 0.115. The minimum atomic E-state index is -0.562. The van der Waals surface area contributed by atoms with Crippen LogP contribution in [-0.2, 0) is 0 Å². The number of aliphatic hydroxyl groups excluding tert-OH is 1. The molecule has 0 aliphatic heterocycles. The second kappa shape index (κ2) is 4.23. The first-order valence-corrected chi connectivity index (χ1v) is 4.86. The van der Waals surface area contributed by atoms with Crippen LogP contribution >= 0.6 is 0 Å². The quantitative estimate of drug-likeness (QED) is 0.823. The molecule has 0 bridgehead atoms. The van der Waals surface area contributed by atoms with Crippen molar-refractivity contribution in [3.63, 3.8) is 0 Å². The van der Waals surface area contributed by atoms with Crippen LogP contribution in [-0.4, -0.2) is 19.9 Å². The maximum Gasteiger partial charge on any atom is 0.137 e. The van der Waals surface area contributed by atoms with Crippen LogP contribution in [0.25, 0.3) is 0 Å². The molecule has 2 rings (SSSR count). The molecule has 0 radical (unpaired) electrons. The van der Waals surface area contributed by atoms with Gasteiger partial charge in [-0.2, -0.15) is 5.10 Å². The fourth-order valence-corrected chi connectivity index (χ4v) is 1.50. The first-order valence-electron chi connectivity index (χ1n) is 4.86. The zero-order chi connectivity index (χ0) is 10.7. The van der Waals surface area contributed by atoms with Crippen molar-refractivity contribution in [1.82, 2.24) is 14.8 Å². The highest BCUT2D eigenvalue weighted by Gasteiger charge is 2.17. The molecule has 1 N–H and O–H groups in total. The van der Waals surface area contributed by atoms with Gasteiger partial charge in [-0.15, -0.1) is 0 Å². The number of hydrogen-bond donors (Lipinski definition) is 1. The predicted octanol–water partition coefficient (Wildman–Crippen LogP) is 1.57. The Balaban J connectivity index is 2.18. The fourth-order valence-electron chi connectivity index (χ4n) is 1.50. The lowest BCUT2D eigenvalue weighted by Gasteiger charge is -2.18. The van der Waals surface area contributed by atoms with Gasteiger partial charge in [0.1, 0.15) is 18.8 Å². The van der Waals surface area contributed by atoms with E-state index in [0.717, 1.165) is 5.56 Å². The third-order valence-electron chi connectivity index (χ3n) is 2.45. The average Bonchev–Trinajstić information content (AvgIpc) is 2.82. The van der Waals surface area contributed by atoms with Crippen LogP contribution in [0.2, 0.25) is 0 Å². The molecule has 15 heavy (non-hydrogen) atoms. The minimum absolute atomic E-state index is 0.116. The van der Waals surface area contributed by atoms with Crippen LogP contribution in [0.3, 0.4) is 0 Å². The standard InChI is InChI=1S/C11H13N3O/c1-9(14-8-12-7-13-14)11(15)10-5-3-2-4-6-10/h2-9,11,15H,1H3. The topological polar surface area (TPSA) is 50.9 Å². The highest BCUT2D eigenvalue weighted by molar-refractivity contribution is 5.18. The second-order valence-corrected chi connectivity index (χ2v) is 3.47. The van der Waals surface area contributed by atoms with Crippen LogP contribution in [0, 0.1) is 0 Å². The molecule has 1 aromatic carbocycles. The third-order valence-corrected chi connectivity index (χ3v) is 2.45. The van der Waals surface area contributed by atoms with Crippen LogP contribution in [0.15, 0.2) is 43.0 Å². The van der Waals surface area contributed by atoms with Crippen LogP contribution in [0.1, 0.15) is 24.6 Å². The lowest BCUT2D eigenvalue weighted by atomic mass is 10.0. The summed E-state index contributed by atoms with van der Waals surface area (Å²) in [6.45, 7) is 1.91. The lowest BCUT2D eigenvalue weighted by Crippen LogP contribution is -2.15. The Morgan fingerprint density at radius 2 is 2.00 bits per heavy atom. The van der Waals surface area contributed by atoms with Gasteiger partial charge in [-0.1, -0.05) is 30.3 Å². The van der Waals surface area contributed by atoms with E-state index in [4.69, 9.17) is 0 Å². The van der Waals surface area contributed by atoms with Gasteiger partial charge in [0.2, 0.25) is 0 Å². The molecule has 4 heteroatoms. The van der Waals surface area contributed by atoms with E-state index in [1.807, 2.05) is 37.3 Å². The van der Waals surface area contributed by atoms with Gasteiger partial charge >= 0.3 is 0 Å². The van der Waals surface area contributed by atoms with E-state index in [1.54, 1.807) is 11.0 Å². The molecule has 0 aliphatic rings. The van der Waals surface area contributed by atoms with Gasteiger partial charge in [-0.05, 0) is 12.5 Å². The summed E-state index contributed by atoms with van der Waals surface area (Å²) in [6.07, 6.45) is 2.51. The summed E-state index contributed by atoms with van der Waals surface area (Å²) in [4.78, 5) is 3.86. The number of hydrogen-bond acceptors (Lipinski definition) is 3. The van der Waals surface area contributed by atoms with Crippen molar-refractivity contribution in [1.29, 1.82) is 0 Å². The van der Waals surface area contributed by atoms with E-state index in [2.05, 4.69) is 10.1 Å². The Hall–Kier alpha value is -1.68. The first kappa shape index (κ1) is 9.86. The highest BCUT2D eigenvalue weighted by Crippen LogP contribution is 2.24. The molecular formula is C11H13N3O. The SMILES string of the molecule is CC(C(O)c1ccccc1)n1cncn1. The van der Waals surface area contributed by atoms with Gasteiger partial charge in [-0.25, -0.2) is 9.67 Å². The van der Waals surface area contributed by atoms with E-state index in [9.17, 15) is 5.11 Å². The Bertz CT molecular complexity index is 399. The summed E-state index contributed by atoms with van der Waals surface area (Å²) in [7, 11) is 0. The molecule has 0 spiro atoms. The number of aliphatic hydroxyl groups is 1. The Morgan fingerprint density at radius 1 is 1.27 bits per heavy atom. The molecule has 0 fully saturated rings. The molecule has 4 nitrogen and oxygen atoms in total. The molecule has 2 atom stereocenters. The highest BCUT2D eigenvalue weighted by atomic mass is 16.3. The van der Waals surface area contributed by atoms with Gasteiger partial charge in [0, 0.05) is 0 Å². The summed E-state index contributed by atoms with van der Waals surface area (Å²) in [5, 5.41) is 14.1. The number of rotatable bonds is 3. The fraction of sp³-hybridized carbons (Fsp3) is 0.273. The summed E-state index contributed by atoms with van der Waals surface area (Å²) in [5.41, 5.74) is 0.889. The molecule has 0 amide bonds. The van der Waals surface area contributed by atoms with Crippen LogP contribution in [0.5, 0.6) is 0 Å². The van der Waals surface area contributed by atoms with E-state index in [0.29, 0.717) is 0 Å². The molecule has 0 saturated heterocycles. The van der Waals surface area contributed by atoms with Crippen molar-refractivity contribution < 1.29 is 5.11 Å². The normalized spacial score (nSPS) is 14.8. The Morgan fingerprint density at radius 3 is 2.60 bits per heavy atom. The number of nitrogens with zero attached hydrogens (tertiary/aromatic N) is 3. The van der Waals surface area contributed by atoms with E-state index < -0.39 is 6.10 Å². The summed E-state index contributed by atoms with van der Waals surface area (Å²) in [5.74, 6) is 0. The summed E-state index contributed by atoms with van der Waals surface area (Å²) < 4.78 is 1.65. The molecule has 2 aromatic rings. The Kier molecular flexibility index (Phi) is 2.78. The van der Waals surface area contributed by atoms with Gasteiger partial charge in [0.05, 0.1) is 6.04 Å². The van der Waals surface area contributed by atoms with Crippen molar-refractivity contribution in [3.8, 4) is 0 Å². The minimum Gasteiger partial charge on any atom is -0.386 e. The number of benzene rings is 1. The van der Waals surface area contributed by atoms with Gasteiger partial charge in [0.25, 0.3) is 0 Å². The number of aromatic nitrogens is 3. The molecule has 2 unspecified atom stereocenters. The monoisotopic (exact) mass is 203 g/mol. The van der Waals surface area contributed by atoms with E-state index in [-0.39, 0.29) is 6.04 Å². The predicted molar refractivity (Wildman–Crippen MR) is 56.1 cm³/mol. The van der Waals surface area contributed by atoms with Crippen molar-refractivity contribution in [2.24, 2.45) is 0 Å². The van der Waals surface area contributed by atoms with E-state index in [1.165, 1.54) is 6.33 Å². The van der Waals surface area contributed by atoms with Crippen LogP contribution < -0.4 is 0 Å². The van der Waals surface area contributed by atoms with Gasteiger partial charge in [0.15, 0.2) is 0 Å². The largest absolute Gasteiger partial charge is 0.386 e. The van der Waals surface area contributed by atoms with Gasteiger partial charge in [-0.3, -0.25) is 0 Å². The van der Waals surface area contributed by atoms with Crippen molar-refractivity contribution in [3.05, 3.63) is 48.5 Å². The maximum atomic E-state index is 10.1. The Labute approximate surface area is 88.2 Å². The van der Waals surface area contributed by atoms with E-state index >= 15 is 0 Å². The third kappa shape index (κ3) is 2.05. The zero-order valence-electron chi connectivity index (χ0n) is 8.49. The average molecular weight is 203 g/mol. The smallest absolute Gasteiger partial charge is 0.137 e. The molecule has 78 valence electrons. The zero-order valence-corrected chi connectivity index (χ0v) is 8.49. The molecule has 0 aliphatic carbocycles. The molecule has 0 saturated carbocycles. The summed E-state index contributed by atoms with van der Waals surface area (Å²) in [6, 6.07) is 9.43. The van der Waals surface area contributed by atoms with Crippen molar-refractivity contribution >= 4 is 0 Å². The molecule has 1 heterocycles. The van der Waals surface area contributed by atoms with Crippen molar-refractivity contribution in [2.45, 2.75) is 19.1 Å². The van der Waals surface area contributed by atoms with Crippen molar-refractivity contribution in [2.75, 3.05) is 0 Å².